The van der Waals surface area contributed by atoms with Crippen LogP contribution >= 0.6 is 0 Å². The predicted molar refractivity (Wildman–Crippen MR) is 86.0 cm³/mol. The first-order valence-electron chi connectivity index (χ1n) is 7.74. The molecule has 2 atom stereocenters. The van der Waals surface area contributed by atoms with Crippen molar-refractivity contribution in [2.45, 2.75) is 25.5 Å². The molecule has 2 aromatic heterocycles. The Morgan fingerprint density at radius 2 is 2.09 bits per heavy atom. The molecule has 6 heteroatoms. The van der Waals surface area contributed by atoms with Gasteiger partial charge in [-0.1, -0.05) is 6.07 Å². The molecule has 2 unspecified atom stereocenters. The molecule has 0 spiro atoms. The van der Waals surface area contributed by atoms with E-state index in [1.807, 2.05) is 31.2 Å². The average molecular weight is 312 g/mol. The Morgan fingerprint density at radius 1 is 1.30 bits per heavy atom. The molecule has 0 bridgehead atoms. The quantitative estimate of drug-likeness (QED) is 0.941. The maximum atomic E-state index is 12.4. The molecule has 1 aliphatic rings. The zero-order valence-electron chi connectivity index (χ0n) is 13.1. The minimum absolute atomic E-state index is 0.0126. The Labute approximate surface area is 135 Å². The maximum absolute atomic E-state index is 12.4. The van der Waals surface area contributed by atoms with Crippen molar-refractivity contribution >= 4 is 6.03 Å². The monoisotopic (exact) mass is 312 g/mol. The van der Waals surface area contributed by atoms with Crippen LogP contribution in [0.2, 0.25) is 0 Å². The number of urea groups is 1. The Bertz CT molecular complexity index is 636. The highest BCUT2D eigenvalue weighted by Gasteiger charge is 2.28. The number of nitrogens with zero attached hydrogens (tertiary/aromatic N) is 3. The summed E-state index contributed by atoms with van der Waals surface area (Å²) < 4.78 is 5.85. The first-order valence-corrected chi connectivity index (χ1v) is 7.74. The van der Waals surface area contributed by atoms with Crippen molar-refractivity contribution in [1.82, 2.24) is 20.2 Å². The number of rotatable bonds is 4. The fraction of sp³-hybridized carbons (Fsp3) is 0.353. The molecule has 120 valence electrons. The summed E-state index contributed by atoms with van der Waals surface area (Å²) in [6.45, 7) is 3.23. The van der Waals surface area contributed by atoms with Gasteiger partial charge >= 0.3 is 6.03 Å². The van der Waals surface area contributed by atoms with Gasteiger partial charge in [-0.15, -0.1) is 0 Å². The SMILES string of the molecule is CC(NC(=O)N1CCC(Oc2cccnc2)C1)c1cccnc1. The van der Waals surface area contributed by atoms with Crippen LogP contribution in [-0.4, -0.2) is 40.1 Å². The smallest absolute Gasteiger partial charge is 0.318 e. The third kappa shape index (κ3) is 3.97. The maximum Gasteiger partial charge on any atom is 0.318 e. The van der Waals surface area contributed by atoms with Gasteiger partial charge in [0.15, 0.2) is 0 Å². The van der Waals surface area contributed by atoms with Gasteiger partial charge in [0.25, 0.3) is 0 Å². The van der Waals surface area contributed by atoms with E-state index in [1.54, 1.807) is 29.7 Å². The molecule has 0 aliphatic carbocycles. The van der Waals surface area contributed by atoms with Gasteiger partial charge in [0.05, 0.1) is 18.8 Å². The minimum atomic E-state index is -0.0745. The molecule has 2 amide bonds. The summed E-state index contributed by atoms with van der Waals surface area (Å²) in [5, 5.41) is 3.00. The molecule has 3 rings (SSSR count). The van der Waals surface area contributed by atoms with Gasteiger partial charge < -0.3 is 15.0 Å². The van der Waals surface area contributed by atoms with Crippen LogP contribution in [0.25, 0.3) is 0 Å². The number of likely N-dealkylation sites (tertiary alicyclic amines) is 1. The fourth-order valence-corrected chi connectivity index (χ4v) is 2.61. The van der Waals surface area contributed by atoms with Crippen LogP contribution in [0.5, 0.6) is 5.75 Å². The predicted octanol–water partition coefficient (Wildman–Crippen LogP) is 2.40. The van der Waals surface area contributed by atoms with Crippen molar-refractivity contribution in [3.8, 4) is 5.75 Å². The normalized spacial score (nSPS) is 18.5. The molecule has 6 nitrogen and oxygen atoms in total. The van der Waals surface area contributed by atoms with Gasteiger partial charge in [-0.25, -0.2) is 4.79 Å². The summed E-state index contributed by atoms with van der Waals surface area (Å²) in [6, 6.07) is 7.39. The van der Waals surface area contributed by atoms with Crippen molar-refractivity contribution in [1.29, 1.82) is 0 Å². The Morgan fingerprint density at radius 3 is 2.78 bits per heavy atom. The van der Waals surface area contributed by atoms with Crippen molar-refractivity contribution in [2.24, 2.45) is 0 Å². The number of hydrogen-bond acceptors (Lipinski definition) is 4. The lowest BCUT2D eigenvalue weighted by Crippen LogP contribution is -2.40. The molecule has 1 aliphatic heterocycles. The summed E-state index contributed by atoms with van der Waals surface area (Å²) in [5.74, 6) is 0.739. The Hall–Kier alpha value is -2.63. The standard InChI is InChI=1S/C17H20N4O2/c1-13(14-4-2-7-18-10-14)20-17(22)21-9-6-16(12-21)23-15-5-3-8-19-11-15/h2-5,7-8,10-11,13,16H,6,9,12H2,1H3,(H,20,22). The average Bonchev–Trinajstić information content (AvgIpc) is 3.05. The lowest BCUT2D eigenvalue weighted by molar-refractivity contribution is 0.184. The molecule has 0 aromatic carbocycles. The van der Waals surface area contributed by atoms with Gasteiger partial charge in [-0.05, 0) is 30.7 Å². The molecule has 0 radical (unpaired) electrons. The highest BCUT2D eigenvalue weighted by atomic mass is 16.5. The zero-order chi connectivity index (χ0) is 16.1. The van der Waals surface area contributed by atoms with Crippen molar-refractivity contribution in [3.63, 3.8) is 0 Å². The Kier molecular flexibility index (Phi) is 4.71. The van der Waals surface area contributed by atoms with E-state index in [0.29, 0.717) is 13.1 Å². The zero-order valence-corrected chi connectivity index (χ0v) is 13.1. The second-order valence-electron chi connectivity index (χ2n) is 5.62. The minimum Gasteiger partial charge on any atom is -0.487 e. The second kappa shape index (κ2) is 7.09. The number of ether oxygens (including phenoxy) is 1. The van der Waals surface area contributed by atoms with E-state index in [4.69, 9.17) is 4.74 Å². The van der Waals surface area contributed by atoms with E-state index in [9.17, 15) is 4.79 Å². The lowest BCUT2D eigenvalue weighted by atomic mass is 10.1. The van der Waals surface area contributed by atoms with Gasteiger partial charge in [-0.2, -0.15) is 0 Å². The lowest BCUT2D eigenvalue weighted by Gasteiger charge is -2.21. The largest absolute Gasteiger partial charge is 0.487 e. The number of pyridine rings is 2. The molecular formula is C17H20N4O2. The van der Waals surface area contributed by atoms with Crippen LogP contribution in [0.1, 0.15) is 24.9 Å². The first kappa shape index (κ1) is 15.3. The summed E-state index contributed by atoms with van der Waals surface area (Å²) in [5.41, 5.74) is 0.989. The van der Waals surface area contributed by atoms with Gasteiger partial charge in [0.2, 0.25) is 0 Å². The van der Waals surface area contributed by atoms with E-state index >= 15 is 0 Å². The van der Waals surface area contributed by atoms with Crippen LogP contribution in [0, 0.1) is 0 Å². The van der Waals surface area contributed by atoms with E-state index in [1.165, 1.54) is 0 Å². The van der Waals surface area contributed by atoms with Crippen molar-refractivity contribution < 1.29 is 9.53 Å². The molecule has 1 fully saturated rings. The number of hydrogen-bond donors (Lipinski definition) is 1. The van der Waals surface area contributed by atoms with Gasteiger partial charge in [0.1, 0.15) is 11.9 Å². The number of nitrogens with one attached hydrogen (secondary N) is 1. The van der Waals surface area contributed by atoms with Gasteiger partial charge in [-0.3, -0.25) is 9.97 Å². The van der Waals surface area contributed by atoms with Crippen LogP contribution < -0.4 is 10.1 Å². The summed E-state index contributed by atoms with van der Waals surface area (Å²) in [6.07, 6.45) is 7.72. The van der Waals surface area contributed by atoms with E-state index in [2.05, 4.69) is 15.3 Å². The summed E-state index contributed by atoms with van der Waals surface area (Å²) in [4.78, 5) is 22.2. The fourth-order valence-electron chi connectivity index (χ4n) is 2.61. The molecule has 23 heavy (non-hydrogen) atoms. The topological polar surface area (TPSA) is 67.4 Å². The molecule has 2 aromatic rings. The summed E-state index contributed by atoms with van der Waals surface area (Å²) >= 11 is 0. The van der Waals surface area contributed by atoms with Crippen molar-refractivity contribution in [3.05, 3.63) is 54.6 Å². The van der Waals surface area contributed by atoms with Gasteiger partial charge in [0, 0.05) is 31.6 Å². The third-order valence-electron chi connectivity index (χ3n) is 3.89. The van der Waals surface area contributed by atoms with E-state index < -0.39 is 0 Å². The van der Waals surface area contributed by atoms with Crippen molar-refractivity contribution in [2.75, 3.05) is 13.1 Å². The number of amides is 2. The van der Waals surface area contributed by atoms with E-state index in [0.717, 1.165) is 17.7 Å². The molecule has 3 heterocycles. The molecular weight excluding hydrogens is 292 g/mol. The van der Waals surface area contributed by atoms with Crippen LogP contribution in [-0.2, 0) is 0 Å². The molecule has 1 N–H and O–H groups in total. The number of carbonyl (C=O) groups is 1. The first-order chi connectivity index (χ1) is 11.2. The molecule has 1 saturated heterocycles. The van der Waals surface area contributed by atoms with Crippen LogP contribution in [0.4, 0.5) is 4.79 Å². The summed E-state index contributed by atoms with van der Waals surface area (Å²) in [7, 11) is 0. The second-order valence-corrected chi connectivity index (χ2v) is 5.62. The highest BCUT2D eigenvalue weighted by molar-refractivity contribution is 5.75. The molecule has 0 saturated carbocycles. The highest BCUT2D eigenvalue weighted by Crippen LogP contribution is 2.18. The number of carbonyl (C=O) groups excluding carboxylic acids is 1. The third-order valence-corrected chi connectivity index (χ3v) is 3.89. The Balaban J connectivity index is 1.51. The van der Waals surface area contributed by atoms with Crippen LogP contribution in [0.15, 0.2) is 49.1 Å². The van der Waals surface area contributed by atoms with E-state index in [-0.39, 0.29) is 18.2 Å². The van der Waals surface area contributed by atoms with Crippen LogP contribution in [0.3, 0.4) is 0 Å². The number of aromatic nitrogens is 2.